The molecule has 22 heavy (non-hydrogen) atoms. The first-order valence-electron chi connectivity index (χ1n) is 7.77. The molecule has 0 radical (unpaired) electrons. The predicted molar refractivity (Wildman–Crippen MR) is 85.5 cm³/mol. The van der Waals surface area contributed by atoms with Crippen molar-refractivity contribution >= 4 is 9.84 Å². The molecule has 2 fully saturated rings. The number of likely N-dealkylation sites (N-methyl/N-ethyl adjacent to an activating group) is 1. The molecule has 0 amide bonds. The quantitative estimate of drug-likeness (QED) is 0.892. The largest absolute Gasteiger partial charge is 0.387 e. The molecule has 0 aromatic heterocycles. The fourth-order valence-electron chi connectivity index (χ4n) is 3.74. The Morgan fingerprint density at radius 1 is 1.18 bits per heavy atom. The second kappa shape index (κ2) is 5.92. The third-order valence-corrected chi connectivity index (χ3v) is 6.02. The van der Waals surface area contributed by atoms with Gasteiger partial charge in [-0.15, -0.1) is 0 Å². The highest BCUT2D eigenvalue weighted by Gasteiger charge is 2.39. The van der Waals surface area contributed by atoms with Crippen LogP contribution < -0.4 is 0 Å². The van der Waals surface area contributed by atoms with Crippen molar-refractivity contribution in [3.05, 3.63) is 29.8 Å². The van der Waals surface area contributed by atoms with Crippen LogP contribution in [0.4, 0.5) is 0 Å². The van der Waals surface area contributed by atoms with Crippen LogP contribution in [0.1, 0.15) is 24.5 Å². The summed E-state index contributed by atoms with van der Waals surface area (Å²) in [4.78, 5) is 5.09. The standard InChI is InChI=1S/C16H24N2O3S/c1-17-9-13-5-6-14(10-17)18(13)11-16(19)12-3-7-15(8-4-12)22(2,20)21/h3-4,7-8,13-14,16,19H,5-6,9-11H2,1-2H3. The van der Waals surface area contributed by atoms with Gasteiger partial charge in [0.25, 0.3) is 0 Å². The Bertz CT molecular complexity index is 615. The van der Waals surface area contributed by atoms with Crippen LogP contribution in [0.15, 0.2) is 29.2 Å². The third-order valence-electron chi connectivity index (χ3n) is 4.89. The minimum atomic E-state index is -3.18. The number of nitrogens with zero attached hydrogens (tertiary/aromatic N) is 2. The summed E-state index contributed by atoms with van der Waals surface area (Å²) in [7, 11) is -1.03. The summed E-state index contributed by atoms with van der Waals surface area (Å²) in [5.41, 5.74) is 0.783. The van der Waals surface area contributed by atoms with Crippen molar-refractivity contribution in [2.75, 3.05) is 32.9 Å². The molecular formula is C16H24N2O3S. The Hall–Kier alpha value is -0.950. The van der Waals surface area contributed by atoms with E-state index < -0.39 is 15.9 Å². The van der Waals surface area contributed by atoms with E-state index in [0.717, 1.165) is 18.7 Å². The van der Waals surface area contributed by atoms with E-state index in [4.69, 9.17) is 0 Å². The maximum Gasteiger partial charge on any atom is 0.175 e. The molecule has 1 N–H and O–H groups in total. The Morgan fingerprint density at radius 3 is 2.23 bits per heavy atom. The summed E-state index contributed by atoms with van der Waals surface area (Å²) in [6.07, 6.45) is 3.03. The zero-order valence-electron chi connectivity index (χ0n) is 13.1. The number of aliphatic hydroxyl groups is 1. The highest BCUT2D eigenvalue weighted by molar-refractivity contribution is 7.90. The Morgan fingerprint density at radius 2 is 1.73 bits per heavy atom. The molecule has 0 saturated carbocycles. The topological polar surface area (TPSA) is 60.9 Å². The van der Waals surface area contributed by atoms with E-state index in [1.807, 2.05) is 0 Å². The average molecular weight is 324 g/mol. The van der Waals surface area contributed by atoms with Crippen molar-refractivity contribution in [1.29, 1.82) is 0 Å². The van der Waals surface area contributed by atoms with Gasteiger partial charge in [0.2, 0.25) is 0 Å². The van der Waals surface area contributed by atoms with Gasteiger partial charge in [0.15, 0.2) is 9.84 Å². The van der Waals surface area contributed by atoms with Crippen LogP contribution in [-0.4, -0.2) is 68.3 Å². The normalized spacial score (nSPS) is 28.0. The molecule has 0 aliphatic carbocycles. The number of benzene rings is 1. The molecule has 5 nitrogen and oxygen atoms in total. The monoisotopic (exact) mass is 324 g/mol. The van der Waals surface area contributed by atoms with Gasteiger partial charge in [0, 0.05) is 38.0 Å². The van der Waals surface area contributed by atoms with Crippen molar-refractivity contribution in [3.63, 3.8) is 0 Å². The fourth-order valence-corrected chi connectivity index (χ4v) is 4.37. The van der Waals surface area contributed by atoms with Gasteiger partial charge >= 0.3 is 0 Å². The number of hydrogen-bond donors (Lipinski definition) is 1. The molecule has 6 heteroatoms. The molecule has 3 rings (SSSR count). The van der Waals surface area contributed by atoms with E-state index >= 15 is 0 Å². The number of aliphatic hydroxyl groups excluding tert-OH is 1. The molecule has 3 unspecified atom stereocenters. The summed E-state index contributed by atoms with van der Waals surface area (Å²) in [5, 5.41) is 10.5. The van der Waals surface area contributed by atoms with E-state index in [9.17, 15) is 13.5 Å². The summed E-state index contributed by atoms with van der Waals surface area (Å²) in [6.45, 7) is 2.76. The Balaban J connectivity index is 1.69. The first kappa shape index (κ1) is 15.9. The third kappa shape index (κ3) is 3.20. The highest BCUT2D eigenvalue weighted by atomic mass is 32.2. The minimum absolute atomic E-state index is 0.295. The van der Waals surface area contributed by atoms with Gasteiger partial charge in [-0.25, -0.2) is 8.42 Å². The number of fused-ring (bicyclic) bond motifs is 2. The summed E-state index contributed by atoms with van der Waals surface area (Å²) < 4.78 is 23.0. The molecule has 2 aliphatic heterocycles. The van der Waals surface area contributed by atoms with Gasteiger partial charge < -0.3 is 10.0 Å². The van der Waals surface area contributed by atoms with Gasteiger partial charge in [0.05, 0.1) is 11.0 Å². The number of rotatable bonds is 4. The van der Waals surface area contributed by atoms with Gasteiger partial charge in [-0.1, -0.05) is 12.1 Å². The lowest BCUT2D eigenvalue weighted by Gasteiger charge is -2.40. The van der Waals surface area contributed by atoms with E-state index in [-0.39, 0.29) is 0 Å². The number of piperazine rings is 1. The maximum absolute atomic E-state index is 11.5. The molecule has 2 aliphatic rings. The second-order valence-corrected chi connectivity index (χ2v) is 8.68. The number of sulfone groups is 1. The van der Waals surface area contributed by atoms with Gasteiger partial charge in [-0.3, -0.25) is 4.90 Å². The van der Waals surface area contributed by atoms with Crippen LogP contribution in [-0.2, 0) is 9.84 Å². The summed E-state index contributed by atoms with van der Waals surface area (Å²) >= 11 is 0. The van der Waals surface area contributed by atoms with Gasteiger partial charge in [0.1, 0.15) is 0 Å². The molecule has 2 bridgehead atoms. The van der Waals surface area contributed by atoms with Crippen LogP contribution in [0, 0.1) is 0 Å². The fraction of sp³-hybridized carbons (Fsp3) is 0.625. The maximum atomic E-state index is 11.5. The molecule has 2 heterocycles. The van der Waals surface area contributed by atoms with Crippen LogP contribution in [0.5, 0.6) is 0 Å². The van der Waals surface area contributed by atoms with Crippen LogP contribution >= 0.6 is 0 Å². The predicted octanol–water partition coefficient (Wildman–Crippen LogP) is 0.902. The van der Waals surface area contributed by atoms with Crippen molar-refractivity contribution in [3.8, 4) is 0 Å². The molecule has 0 spiro atoms. The zero-order valence-corrected chi connectivity index (χ0v) is 14.0. The first-order chi connectivity index (χ1) is 10.3. The summed E-state index contributed by atoms with van der Waals surface area (Å²) in [6, 6.07) is 7.67. The molecule has 3 atom stereocenters. The molecule has 1 aromatic rings. The highest BCUT2D eigenvalue weighted by Crippen LogP contribution is 2.31. The molecular weight excluding hydrogens is 300 g/mol. The number of hydrogen-bond acceptors (Lipinski definition) is 5. The van der Waals surface area contributed by atoms with Crippen molar-refractivity contribution in [2.24, 2.45) is 0 Å². The number of likely N-dealkylation sites (tertiary alicyclic amines) is 1. The molecule has 122 valence electrons. The van der Waals surface area contributed by atoms with Gasteiger partial charge in [-0.2, -0.15) is 0 Å². The van der Waals surface area contributed by atoms with E-state index in [0.29, 0.717) is 23.5 Å². The first-order valence-corrected chi connectivity index (χ1v) is 9.66. The smallest absolute Gasteiger partial charge is 0.175 e. The van der Waals surface area contributed by atoms with Crippen molar-refractivity contribution in [2.45, 2.75) is 35.9 Å². The lowest BCUT2D eigenvalue weighted by atomic mass is 10.1. The van der Waals surface area contributed by atoms with Crippen molar-refractivity contribution < 1.29 is 13.5 Å². The SMILES string of the molecule is CN1CC2CCC(C1)N2CC(O)c1ccc(S(C)(=O)=O)cc1. The zero-order chi connectivity index (χ0) is 15.9. The van der Waals surface area contributed by atoms with Crippen LogP contribution in [0.25, 0.3) is 0 Å². The van der Waals surface area contributed by atoms with Crippen LogP contribution in [0.2, 0.25) is 0 Å². The van der Waals surface area contributed by atoms with E-state index in [1.165, 1.54) is 19.1 Å². The molecule has 2 saturated heterocycles. The van der Waals surface area contributed by atoms with Gasteiger partial charge in [-0.05, 0) is 37.6 Å². The van der Waals surface area contributed by atoms with Crippen LogP contribution in [0.3, 0.4) is 0 Å². The van der Waals surface area contributed by atoms with Crippen molar-refractivity contribution in [1.82, 2.24) is 9.80 Å². The lowest BCUT2D eigenvalue weighted by Crippen LogP contribution is -2.53. The lowest BCUT2D eigenvalue weighted by molar-refractivity contribution is 0.0346. The van der Waals surface area contributed by atoms with E-state index in [1.54, 1.807) is 24.3 Å². The minimum Gasteiger partial charge on any atom is -0.387 e. The Labute approximate surface area is 132 Å². The molecule has 1 aromatic carbocycles. The Kier molecular flexibility index (Phi) is 4.29. The second-order valence-electron chi connectivity index (χ2n) is 6.66. The van der Waals surface area contributed by atoms with E-state index in [2.05, 4.69) is 16.8 Å². The summed E-state index contributed by atoms with van der Waals surface area (Å²) in [5.74, 6) is 0. The average Bonchev–Trinajstić information content (AvgIpc) is 2.69.